The summed E-state index contributed by atoms with van der Waals surface area (Å²) in [6.45, 7) is 25.4. The van der Waals surface area contributed by atoms with E-state index in [1.54, 1.807) is 64.2 Å². The largest absolute Gasteiger partial charge is 0.458 e. The number of thiazole rings is 2. The number of carbonyl (C=O) groups excluding carboxylic acids is 4. The van der Waals surface area contributed by atoms with Gasteiger partial charge in [0.2, 0.25) is 0 Å². The minimum Gasteiger partial charge on any atom is -0.458 e. The van der Waals surface area contributed by atoms with E-state index in [0.29, 0.717) is 19.3 Å². The Morgan fingerprint density at radius 3 is 1.54 bits per heavy atom. The molecule has 0 radical (unpaired) electrons. The minimum absolute atomic E-state index is 0. The zero-order chi connectivity index (χ0) is 52.3. The molecule has 2 aromatic heterocycles. The molecular weight excluding hydrogens is 945 g/mol. The summed E-state index contributed by atoms with van der Waals surface area (Å²) in [4.78, 5) is 61.2. The number of aliphatic hydroxyl groups excluding tert-OH is 4. The van der Waals surface area contributed by atoms with Crippen LogP contribution < -0.4 is 0 Å². The van der Waals surface area contributed by atoms with Crippen molar-refractivity contribution in [1.82, 2.24) is 9.97 Å². The molecule has 16 heteroatoms. The fourth-order valence-corrected chi connectivity index (χ4v) is 10.9. The molecule has 3 fully saturated rings. The number of epoxide rings is 2. The van der Waals surface area contributed by atoms with Gasteiger partial charge in [-0.1, -0.05) is 81.4 Å². The Kier molecular flexibility index (Phi) is 20.5. The third-order valence-electron chi connectivity index (χ3n) is 15.4. The molecule has 71 heavy (non-hydrogen) atoms. The van der Waals surface area contributed by atoms with Crippen LogP contribution in [0.2, 0.25) is 0 Å². The Labute approximate surface area is 430 Å². The number of fused-ring (bicyclic) bond motifs is 2. The number of aromatic nitrogens is 2. The van der Waals surface area contributed by atoms with Gasteiger partial charge in [-0.15, -0.1) is 22.7 Å². The predicted octanol–water partition coefficient (Wildman–Crippen LogP) is 9.37. The van der Waals surface area contributed by atoms with Crippen LogP contribution in [0.15, 0.2) is 34.1 Å². The summed E-state index contributed by atoms with van der Waals surface area (Å²) >= 11 is 3.11. The molecule has 14 nitrogen and oxygen atoms in total. The monoisotopic (exact) mass is 1030 g/mol. The van der Waals surface area contributed by atoms with Crippen LogP contribution in [-0.2, 0) is 38.1 Å². The summed E-state index contributed by atoms with van der Waals surface area (Å²) in [5.74, 6) is -3.37. The third kappa shape index (κ3) is 15.3. The maximum absolute atomic E-state index is 13.2. The van der Waals surface area contributed by atoms with Crippen LogP contribution in [0.3, 0.4) is 0 Å². The molecule has 398 valence electrons. The van der Waals surface area contributed by atoms with Gasteiger partial charge in [-0.3, -0.25) is 19.2 Å². The van der Waals surface area contributed by atoms with Crippen molar-refractivity contribution in [2.24, 2.45) is 34.5 Å². The van der Waals surface area contributed by atoms with E-state index >= 15 is 0 Å². The summed E-state index contributed by atoms with van der Waals surface area (Å²) in [5, 5.41) is 49.1. The number of cyclic esters (lactones) is 2. The summed E-state index contributed by atoms with van der Waals surface area (Å²) in [6, 6.07) is 0. The Hall–Kier alpha value is -3.48. The van der Waals surface area contributed by atoms with Gasteiger partial charge in [0.1, 0.15) is 23.8 Å². The zero-order valence-electron chi connectivity index (χ0n) is 43.8. The van der Waals surface area contributed by atoms with E-state index in [0.717, 1.165) is 51.8 Å². The standard InChI is InChI=1S/C27H41NO6S.C27H39NO6S.CH4/c2*1-15-9-8-10-27(7)22(34-27)12-20(16(2)11-19-14-35-18(4)28-19)33-23(30)13-21(29)26(5,6)25(32)17(3)24(15)31;/h11,14-15,17,20-22,24,29,31H,8-10,12-13H2,1-7H3;8-9,11,14-15,17,20-22,24,29,31H,10,12-13H2,1-7H3;1H4/b16-11+;9-8+,16-11+;/t2*15-,17?,20?,21-,22+,24-,27-;/m00./s1. The van der Waals surface area contributed by atoms with Crippen molar-refractivity contribution in [3.63, 3.8) is 0 Å². The van der Waals surface area contributed by atoms with Crippen LogP contribution in [0.1, 0.15) is 163 Å². The number of hydrogen-bond donors (Lipinski definition) is 4. The molecule has 0 spiro atoms. The first kappa shape index (κ1) is 60.1. The highest BCUT2D eigenvalue weighted by Gasteiger charge is 2.54. The molecule has 6 rings (SSSR count). The lowest BCUT2D eigenvalue weighted by Gasteiger charge is -2.34. The third-order valence-corrected chi connectivity index (χ3v) is 17.0. The van der Waals surface area contributed by atoms with Crippen molar-refractivity contribution in [3.05, 3.63) is 55.5 Å². The highest BCUT2D eigenvalue weighted by molar-refractivity contribution is 7.09. The maximum atomic E-state index is 13.2. The van der Waals surface area contributed by atoms with Crippen molar-refractivity contribution in [1.29, 1.82) is 0 Å². The number of nitrogens with zero attached hydrogens (tertiary/aromatic N) is 2. The molecule has 0 aromatic carbocycles. The zero-order valence-corrected chi connectivity index (χ0v) is 45.4. The number of rotatable bonds is 4. The minimum atomic E-state index is -1.25. The van der Waals surface area contributed by atoms with E-state index in [9.17, 15) is 39.6 Å². The first-order valence-electron chi connectivity index (χ1n) is 24.9. The van der Waals surface area contributed by atoms with Gasteiger partial charge in [-0.2, -0.15) is 0 Å². The average molecular weight is 1030 g/mol. The number of carbonyl (C=O) groups is 4. The second-order valence-corrected chi connectivity index (χ2v) is 24.3. The highest BCUT2D eigenvalue weighted by Crippen LogP contribution is 2.46. The van der Waals surface area contributed by atoms with E-state index in [4.69, 9.17) is 18.9 Å². The molecule has 0 amide bonds. The van der Waals surface area contributed by atoms with Crippen LogP contribution in [0, 0.1) is 48.3 Å². The van der Waals surface area contributed by atoms with Gasteiger partial charge >= 0.3 is 11.9 Å². The Bertz CT molecular complexity index is 2260. The molecule has 6 heterocycles. The first-order chi connectivity index (χ1) is 32.5. The summed E-state index contributed by atoms with van der Waals surface area (Å²) < 4.78 is 23.8. The lowest BCUT2D eigenvalue weighted by atomic mass is 9.73. The van der Waals surface area contributed by atoms with Crippen LogP contribution >= 0.6 is 22.7 Å². The van der Waals surface area contributed by atoms with Crippen LogP contribution in [0.25, 0.3) is 12.2 Å². The number of ether oxygens (including phenoxy) is 4. The Morgan fingerprint density at radius 2 is 1.10 bits per heavy atom. The van der Waals surface area contributed by atoms with Gasteiger partial charge in [0, 0.05) is 41.4 Å². The molecular formula is C55H84N2O12S2. The summed E-state index contributed by atoms with van der Waals surface area (Å²) in [5.41, 5.74) is 0.218. The van der Waals surface area contributed by atoms with Gasteiger partial charge in [-0.25, -0.2) is 9.97 Å². The smallest absolute Gasteiger partial charge is 0.309 e. The fraction of sp³-hybridized carbons (Fsp3) is 0.709. The number of aliphatic hydroxyl groups is 4. The van der Waals surface area contributed by atoms with Gasteiger partial charge in [-0.05, 0) is 90.0 Å². The molecule has 4 aliphatic rings. The summed E-state index contributed by atoms with van der Waals surface area (Å²) in [6.07, 6.45) is 5.82. The van der Waals surface area contributed by atoms with Crippen molar-refractivity contribution < 1.29 is 58.6 Å². The first-order valence-corrected chi connectivity index (χ1v) is 26.7. The van der Waals surface area contributed by atoms with E-state index in [1.807, 2.05) is 83.5 Å². The molecule has 4 N–H and O–H groups in total. The van der Waals surface area contributed by atoms with Gasteiger partial charge < -0.3 is 39.4 Å². The molecule has 2 aromatic rings. The number of ketones is 2. The fourth-order valence-electron chi connectivity index (χ4n) is 9.74. The Morgan fingerprint density at radius 1 is 0.676 bits per heavy atom. The van der Waals surface area contributed by atoms with Gasteiger partial charge in [0.25, 0.3) is 0 Å². The van der Waals surface area contributed by atoms with Crippen molar-refractivity contribution in [2.75, 3.05) is 0 Å². The highest BCUT2D eigenvalue weighted by atomic mass is 32.1. The van der Waals surface area contributed by atoms with E-state index < -0.39 is 71.2 Å². The lowest BCUT2D eigenvalue weighted by molar-refractivity contribution is -0.156. The van der Waals surface area contributed by atoms with Crippen molar-refractivity contribution in [3.8, 4) is 0 Å². The van der Waals surface area contributed by atoms with E-state index in [-0.39, 0.29) is 67.1 Å². The van der Waals surface area contributed by atoms with Gasteiger partial charge in [0.15, 0.2) is 0 Å². The lowest BCUT2D eigenvalue weighted by Crippen LogP contribution is -2.45. The molecule has 14 atom stereocenters. The SMILES string of the molecule is C.C/C(=C\c1csc(C)n1)C1C[C@H]2O[C@@]2(C)C/C=C/[C@H](C)[C@H](O)C(C)C(=O)C(C)(C)[C@@H](O)CC(=O)O1.C/C(=C\c1csc(C)n1)C1C[C@H]2O[C@@]2(C)CCC[C@H](C)[C@H](O)C(C)C(=O)C(C)(C)[C@@H](O)CC(=O)O1. The molecule has 3 saturated heterocycles. The van der Waals surface area contributed by atoms with E-state index in [1.165, 1.54) is 0 Å². The number of hydrogen-bond acceptors (Lipinski definition) is 16. The number of esters is 2. The van der Waals surface area contributed by atoms with Crippen LogP contribution in [-0.4, -0.2) is 114 Å². The normalized spacial score (nSPS) is 37.2. The maximum Gasteiger partial charge on any atom is 0.309 e. The Balaban J connectivity index is 0.000000304. The predicted molar refractivity (Wildman–Crippen MR) is 278 cm³/mol. The quantitative estimate of drug-likeness (QED) is 0.127. The summed E-state index contributed by atoms with van der Waals surface area (Å²) in [7, 11) is 0. The molecule has 0 bridgehead atoms. The number of aryl methyl sites for hydroxylation is 2. The van der Waals surface area contributed by atoms with Crippen molar-refractivity contribution >= 4 is 58.3 Å². The van der Waals surface area contributed by atoms with Crippen LogP contribution in [0.4, 0.5) is 0 Å². The number of Topliss-reactive ketones (excluding diaryl/α,β-unsaturated/α-hetero) is 2. The second kappa shape index (κ2) is 24.2. The molecule has 0 aliphatic carbocycles. The average Bonchev–Trinajstić information content (AvgIpc) is 3.94. The molecule has 0 saturated carbocycles. The second-order valence-electron chi connectivity index (χ2n) is 22.2. The molecule has 4 aliphatic heterocycles. The van der Waals surface area contributed by atoms with Crippen LogP contribution in [0.5, 0.6) is 0 Å². The van der Waals surface area contributed by atoms with Gasteiger partial charge in [0.05, 0.1) is 92.9 Å². The van der Waals surface area contributed by atoms with Crippen molar-refractivity contribution in [2.45, 2.75) is 216 Å². The van der Waals surface area contributed by atoms with E-state index in [2.05, 4.69) is 16.9 Å². The topological polar surface area (TPSA) is 218 Å². The molecule has 4 unspecified atom stereocenters.